The molecule has 1 N–H and O–H groups in total. The van der Waals surface area contributed by atoms with E-state index in [1.807, 2.05) is 6.07 Å². The first-order chi connectivity index (χ1) is 12.2. The molecule has 2 aliphatic rings. The summed E-state index contributed by atoms with van der Waals surface area (Å²) in [6, 6.07) is 5.64. The number of nitrogens with zero attached hydrogens (tertiary/aromatic N) is 4. The Bertz CT molecular complexity index is 834. The zero-order valence-electron chi connectivity index (χ0n) is 13.7. The molecule has 3 heterocycles. The summed E-state index contributed by atoms with van der Waals surface area (Å²) in [5, 5.41) is 2.92. The summed E-state index contributed by atoms with van der Waals surface area (Å²) in [7, 11) is 0. The zero-order valence-corrected chi connectivity index (χ0v) is 13.7. The number of pyridine rings is 1. The standard InChI is InChI=1S/C17H19N5O3/c23-11-20-7-9-21(10-8-20)17(25)15-19-14(16(24)18-12-4-5-12)13-3-1-2-6-22(13)15/h1-3,6,11-12H,4-5,7-10H2,(H,18,24). The average molecular weight is 341 g/mol. The minimum absolute atomic E-state index is 0.225. The normalized spacial score (nSPS) is 17.6. The molecule has 0 spiro atoms. The van der Waals surface area contributed by atoms with Crippen molar-refractivity contribution in [3.05, 3.63) is 35.9 Å². The molecule has 0 radical (unpaired) electrons. The topological polar surface area (TPSA) is 87.0 Å². The molecule has 2 aromatic heterocycles. The number of carbonyl (C=O) groups excluding carboxylic acids is 3. The minimum Gasteiger partial charge on any atom is -0.348 e. The molecular weight excluding hydrogens is 322 g/mol. The third kappa shape index (κ3) is 2.95. The fourth-order valence-corrected chi connectivity index (χ4v) is 3.01. The highest BCUT2D eigenvalue weighted by Gasteiger charge is 2.29. The highest BCUT2D eigenvalue weighted by Crippen LogP contribution is 2.21. The monoisotopic (exact) mass is 341 g/mol. The van der Waals surface area contributed by atoms with E-state index in [9.17, 15) is 14.4 Å². The molecule has 1 saturated heterocycles. The van der Waals surface area contributed by atoms with Crippen molar-refractivity contribution in [1.29, 1.82) is 0 Å². The molecule has 8 nitrogen and oxygen atoms in total. The molecule has 130 valence electrons. The second-order valence-electron chi connectivity index (χ2n) is 6.42. The summed E-state index contributed by atoms with van der Waals surface area (Å²) in [5.74, 6) is -0.232. The molecule has 1 aliphatic carbocycles. The van der Waals surface area contributed by atoms with Crippen molar-refractivity contribution in [2.24, 2.45) is 0 Å². The van der Waals surface area contributed by atoms with Gasteiger partial charge in [0.25, 0.3) is 11.8 Å². The summed E-state index contributed by atoms with van der Waals surface area (Å²) < 4.78 is 1.66. The molecule has 25 heavy (non-hydrogen) atoms. The Labute approximate surface area is 144 Å². The van der Waals surface area contributed by atoms with Crippen molar-refractivity contribution in [1.82, 2.24) is 24.5 Å². The summed E-state index contributed by atoms with van der Waals surface area (Å²) in [4.78, 5) is 43.8. The number of hydrogen-bond acceptors (Lipinski definition) is 4. The van der Waals surface area contributed by atoms with E-state index in [-0.39, 0.29) is 29.4 Å². The van der Waals surface area contributed by atoms with Gasteiger partial charge in [0, 0.05) is 38.4 Å². The van der Waals surface area contributed by atoms with E-state index in [1.165, 1.54) is 0 Å². The fraction of sp³-hybridized carbons (Fsp3) is 0.412. The lowest BCUT2D eigenvalue weighted by Crippen LogP contribution is -2.48. The highest BCUT2D eigenvalue weighted by molar-refractivity contribution is 6.02. The van der Waals surface area contributed by atoms with E-state index in [1.54, 1.807) is 32.5 Å². The highest BCUT2D eigenvalue weighted by atomic mass is 16.2. The van der Waals surface area contributed by atoms with Gasteiger partial charge in [0.05, 0.1) is 5.52 Å². The number of carbonyl (C=O) groups is 3. The van der Waals surface area contributed by atoms with Crippen LogP contribution < -0.4 is 5.32 Å². The lowest BCUT2D eigenvalue weighted by atomic mass is 10.3. The predicted molar refractivity (Wildman–Crippen MR) is 89.2 cm³/mol. The number of amides is 3. The van der Waals surface area contributed by atoms with E-state index >= 15 is 0 Å². The summed E-state index contributed by atoms with van der Waals surface area (Å²) in [5.41, 5.74) is 0.901. The number of hydrogen-bond donors (Lipinski definition) is 1. The largest absolute Gasteiger partial charge is 0.348 e. The Kier molecular flexibility index (Phi) is 3.87. The first-order valence-electron chi connectivity index (χ1n) is 8.44. The van der Waals surface area contributed by atoms with Gasteiger partial charge in [0.2, 0.25) is 12.2 Å². The van der Waals surface area contributed by atoms with Gasteiger partial charge in [0.15, 0.2) is 5.69 Å². The third-order valence-electron chi connectivity index (χ3n) is 4.62. The Balaban J connectivity index is 1.63. The van der Waals surface area contributed by atoms with Gasteiger partial charge in [-0.25, -0.2) is 4.98 Å². The van der Waals surface area contributed by atoms with Gasteiger partial charge in [-0.1, -0.05) is 6.07 Å². The molecule has 4 rings (SSSR count). The third-order valence-corrected chi connectivity index (χ3v) is 4.62. The van der Waals surface area contributed by atoms with Crippen molar-refractivity contribution in [2.45, 2.75) is 18.9 Å². The van der Waals surface area contributed by atoms with Crippen LogP contribution in [-0.4, -0.2) is 69.6 Å². The van der Waals surface area contributed by atoms with Gasteiger partial charge in [-0.15, -0.1) is 0 Å². The van der Waals surface area contributed by atoms with Crippen molar-refractivity contribution in [3.63, 3.8) is 0 Å². The van der Waals surface area contributed by atoms with Gasteiger partial charge in [-0.3, -0.25) is 18.8 Å². The van der Waals surface area contributed by atoms with Crippen molar-refractivity contribution in [3.8, 4) is 0 Å². The van der Waals surface area contributed by atoms with E-state index < -0.39 is 0 Å². The zero-order chi connectivity index (χ0) is 17.4. The molecule has 0 atom stereocenters. The molecule has 8 heteroatoms. The van der Waals surface area contributed by atoms with Gasteiger partial charge < -0.3 is 15.1 Å². The Morgan fingerprint density at radius 1 is 1.16 bits per heavy atom. The van der Waals surface area contributed by atoms with Crippen molar-refractivity contribution >= 4 is 23.7 Å². The lowest BCUT2D eigenvalue weighted by molar-refractivity contribution is -0.119. The Hall–Kier alpha value is -2.90. The van der Waals surface area contributed by atoms with Crippen LogP contribution in [0.3, 0.4) is 0 Å². The van der Waals surface area contributed by atoms with Crippen LogP contribution in [0.2, 0.25) is 0 Å². The van der Waals surface area contributed by atoms with Crippen LogP contribution in [0.5, 0.6) is 0 Å². The molecular formula is C17H19N5O3. The summed E-state index contributed by atoms with van der Waals surface area (Å²) in [6.45, 7) is 1.94. The molecule has 0 aromatic carbocycles. The van der Waals surface area contributed by atoms with Crippen LogP contribution in [0.15, 0.2) is 24.4 Å². The van der Waals surface area contributed by atoms with Crippen LogP contribution in [0.1, 0.15) is 33.9 Å². The Morgan fingerprint density at radius 3 is 2.60 bits per heavy atom. The molecule has 1 saturated carbocycles. The van der Waals surface area contributed by atoms with Crippen LogP contribution >= 0.6 is 0 Å². The number of piperazine rings is 1. The van der Waals surface area contributed by atoms with Gasteiger partial charge in [-0.05, 0) is 25.0 Å². The van der Waals surface area contributed by atoms with Crippen LogP contribution in [0.25, 0.3) is 5.52 Å². The van der Waals surface area contributed by atoms with Crippen LogP contribution in [0.4, 0.5) is 0 Å². The molecule has 0 bridgehead atoms. The number of nitrogens with one attached hydrogen (secondary N) is 1. The first-order valence-corrected chi connectivity index (χ1v) is 8.44. The minimum atomic E-state index is -0.240. The van der Waals surface area contributed by atoms with Crippen LogP contribution in [-0.2, 0) is 4.79 Å². The number of aromatic nitrogens is 2. The number of rotatable bonds is 4. The smallest absolute Gasteiger partial charge is 0.290 e. The second kappa shape index (κ2) is 6.19. The van der Waals surface area contributed by atoms with Gasteiger partial charge in [-0.2, -0.15) is 0 Å². The summed E-state index contributed by atoms with van der Waals surface area (Å²) in [6.07, 6.45) is 4.52. The number of fused-ring (bicyclic) bond motifs is 1. The molecule has 2 aromatic rings. The average Bonchev–Trinajstić information content (AvgIpc) is 3.38. The number of imidazole rings is 1. The van der Waals surface area contributed by atoms with E-state index in [0.29, 0.717) is 31.7 Å². The quantitative estimate of drug-likeness (QED) is 0.802. The van der Waals surface area contributed by atoms with Crippen molar-refractivity contribution < 1.29 is 14.4 Å². The van der Waals surface area contributed by atoms with Gasteiger partial charge >= 0.3 is 0 Å². The molecule has 2 fully saturated rings. The predicted octanol–water partition coefficient (Wildman–Crippen LogP) is 0.141. The van der Waals surface area contributed by atoms with E-state index in [0.717, 1.165) is 19.3 Å². The maximum atomic E-state index is 12.9. The van der Waals surface area contributed by atoms with Crippen molar-refractivity contribution in [2.75, 3.05) is 26.2 Å². The lowest BCUT2D eigenvalue weighted by Gasteiger charge is -2.32. The van der Waals surface area contributed by atoms with Crippen LogP contribution in [0, 0.1) is 0 Å². The maximum Gasteiger partial charge on any atom is 0.290 e. The molecule has 0 unspecified atom stereocenters. The van der Waals surface area contributed by atoms with E-state index in [4.69, 9.17) is 0 Å². The molecule has 3 amide bonds. The Morgan fingerprint density at radius 2 is 1.92 bits per heavy atom. The van der Waals surface area contributed by atoms with Gasteiger partial charge in [0.1, 0.15) is 0 Å². The first kappa shape index (κ1) is 15.6. The molecule has 1 aliphatic heterocycles. The maximum absolute atomic E-state index is 12.9. The second-order valence-corrected chi connectivity index (χ2v) is 6.42. The fourth-order valence-electron chi connectivity index (χ4n) is 3.01. The summed E-state index contributed by atoms with van der Waals surface area (Å²) >= 11 is 0. The van der Waals surface area contributed by atoms with E-state index in [2.05, 4.69) is 10.3 Å². The SMILES string of the molecule is O=CN1CCN(C(=O)c2nc(C(=O)NC3CC3)c3ccccn23)CC1.